The summed E-state index contributed by atoms with van der Waals surface area (Å²) in [5.41, 5.74) is 0.142. The first kappa shape index (κ1) is 12.5. The number of nitrogens with zero attached hydrogens (tertiary/aromatic N) is 1. The van der Waals surface area contributed by atoms with E-state index in [1.54, 1.807) is 11.3 Å². The molecule has 1 atom stereocenters. The quantitative estimate of drug-likeness (QED) is 0.881. The van der Waals surface area contributed by atoms with Crippen LogP contribution in [0.5, 0.6) is 0 Å². The van der Waals surface area contributed by atoms with E-state index in [9.17, 15) is 5.11 Å². The van der Waals surface area contributed by atoms with Crippen LogP contribution in [-0.2, 0) is 6.42 Å². The van der Waals surface area contributed by atoms with Gasteiger partial charge in [-0.05, 0) is 24.5 Å². The van der Waals surface area contributed by atoms with E-state index in [0.717, 1.165) is 10.5 Å². The predicted molar refractivity (Wildman–Crippen MR) is 73.4 cm³/mol. The predicted octanol–water partition coefficient (Wildman–Crippen LogP) is 3.64. The highest BCUT2D eigenvalue weighted by molar-refractivity contribution is 7.18. The van der Waals surface area contributed by atoms with Crippen molar-refractivity contribution in [3.05, 3.63) is 29.3 Å². The number of hydrogen-bond acceptors (Lipinski definition) is 3. The Morgan fingerprint density at radius 3 is 2.41 bits per heavy atom. The van der Waals surface area contributed by atoms with Gasteiger partial charge in [0.25, 0.3) is 0 Å². The standard InChI is InChI=1S/C14H19NOS/c1-13(2,3)14(4,16)9-12-15-10-7-5-6-8-11(10)17-12/h5-8,16H,9H2,1-4H3. The van der Waals surface area contributed by atoms with Crippen LogP contribution in [0, 0.1) is 5.41 Å². The Morgan fingerprint density at radius 2 is 1.82 bits per heavy atom. The van der Waals surface area contributed by atoms with Crippen molar-refractivity contribution in [1.82, 2.24) is 4.98 Å². The van der Waals surface area contributed by atoms with Crippen molar-refractivity contribution in [2.45, 2.75) is 39.7 Å². The molecule has 0 saturated carbocycles. The Morgan fingerprint density at radius 1 is 1.18 bits per heavy atom. The normalized spacial score (nSPS) is 16.1. The molecule has 1 unspecified atom stereocenters. The second-order valence-electron chi connectivity index (χ2n) is 5.78. The minimum atomic E-state index is -0.735. The zero-order chi connectivity index (χ0) is 12.7. The van der Waals surface area contributed by atoms with Crippen molar-refractivity contribution in [1.29, 1.82) is 0 Å². The minimum Gasteiger partial charge on any atom is -0.389 e. The van der Waals surface area contributed by atoms with Gasteiger partial charge in [-0.3, -0.25) is 0 Å². The Kier molecular flexibility index (Phi) is 3.00. The lowest BCUT2D eigenvalue weighted by atomic mass is 9.76. The number of para-hydroxylation sites is 1. The number of rotatable bonds is 2. The molecule has 1 heterocycles. The fraction of sp³-hybridized carbons (Fsp3) is 0.500. The van der Waals surface area contributed by atoms with Gasteiger partial charge < -0.3 is 5.11 Å². The summed E-state index contributed by atoms with van der Waals surface area (Å²) in [5, 5.41) is 11.5. The summed E-state index contributed by atoms with van der Waals surface area (Å²) in [7, 11) is 0. The van der Waals surface area contributed by atoms with E-state index in [-0.39, 0.29) is 5.41 Å². The van der Waals surface area contributed by atoms with Crippen LogP contribution >= 0.6 is 11.3 Å². The van der Waals surface area contributed by atoms with Crippen LogP contribution in [0.25, 0.3) is 10.2 Å². The van der Waals surface area contributed by atoms with Crippen LogP contribution in [0.2, 0.25) is 0 Å². The maximum absolute atomic E-state index is 10.5. The molecular weight excluding hydrogens is 230 g/mol. The summed E-state index contributed by atoms with van der Waals surface area (Å²) in [4.78, 5) is 4.57. The van der Waals surface area contributed by atoms with Crippen molar-refractivity contribution in [3.63, 3.8) is 0 Å². The molecular formula is C14H19NOS. The van der Waals surface area contributed by atoms with Gasteiger partial charge in [-0.25, -0.2) is 4.98 Å². The van der Waals surface area contributed by atoms with E-state index < -0.39 is 5.60 Å². The Hall–Kier alpha value is -0.930. The van der Waals surface area contributed by atoms with Gasteiger partial charge in [-0.15, -0.1) is 11.3 Å². The van der Waals surface area contributed by atoms with Crippen molar-refractivity contribution >= 4 is 21.6 Å². The van der Waals surface area contributed by atoms with Crippen molar-refractivity contribution in [3.8, 4) is 0 Å². The molecule has 1 aromatic carbocycles. The van der Waals surface area contributed by atoms with Gasteiger partial charge in [0.2, 0.25) is 0 Å². The fourth-order valence-electron chi connectivity index (χ4n) is 1.56. The Balaban J connectivity index is 2.30. The van der Waals surface area contributed by atoms with E-state index in [1.807, 2.05) is 25.1 Å². The Bertz CT molecular complexity index is 489. The first-order valence-corrected chi connectivity index (χ1v) is 6.68. The number of benzene rings is 1. The van der Waals surface area contributed by atoms with E-state index in [2.05, 4.69) is 31.8 Å². The van der Waals surface area contributed by atoms with Crippen LogP contribution in [0.1, 0.15) is 32.7 Å². The molecule has 0 bridgehead atoms. The van der Waals surface area contributed by atoms with Crippen molar-refractivity contribution in [2.75, 3.05) is 0 Å². The van der Waals surface area contributed by atoms with Gasteiger partial charge in [0.1, 0.15) is 0 Å². The van der Waals surface area contributed by atoms with Crippen molar-refractivity contribution in [2.24, 2.45) is 5.41 Å². The lowest BCUT2D eigenvalue weighted by molar-refractivity contribution is -0.0405. The first-order valence-electron chi connectivity index (χ1n) is 5.86. The number of aliphatic hydroxyl groups is 1. The Labute approximate surface area is 106 Å². The highest BCUT2D eigenvalue weighted by atomic mass is 32.1. The molecule has 0 radical (unpaired) electrons. The van der Waals surface area contributed by atoms with Gasteiger partial charge in [-0.1, -0.05) is 32.9 Å². The number of fused-ring (bicyclic) bond motifs is 1. The summed E-state index contributed by atoms with van der Waals surface area (Å²) in [5.74, 6) is 0. The first-order chi connectivity index (χ1) is 7.79. The van der Waals surface area contributed by atoms with Gasteiger partial charge in [-0.2, -0.15) is 0 Å². The third kappa shape index (κ3) is 2.50. The van der Waals surface area contributed by atoms with E-state index in [1.165, 1.54) is 4.70 Å². The lowest BCUT2D eigenvalue weighted by Crippen LogP contribution is -2.41. The van der Waals surface area contributed by atoms with E-state index in [0.29, 0.717) is 6.42 Å². The van der Waals surface area contributed by atoms with Crippen LogP contribution in [-0.4, -0.2) is 15.7 Å². The van der Waals surface area contributed by atoms with Gasteiger partial charge >= 0.3 is 0 Å². The number of thiazole rings is 1. The zero-order valence-electron chi connectivity index (χ0n) is 10.8. The maximum atomic E-state index is 10.5. The molecule has 0 saturated heterocycles. The summed E-state index contributed by atoms with van der Waals surface area (Å²) in [6, 6.07) is 8.10. The van der Waals surface area contributed by atoms with Crippen LogP contribution in [0.3, 0.4) is 0 Å². The van der Waals surface area contributed by atoms with Crippen LogP contribution < -0.4 is 0 Å². The third-order valence-corrected chi connectivity index (χ3v) is 4.49. The minimum absolute atomic E-state index is 0.148. The second-order valence-corrected chi connectivity index (χ2v) is 6.89. The molecule has 2 rings (SSSR count). The SMILES string of the molecule is CC(C)(C)C(C)(O)Cc1nc2ccccc2s1. The number of aromatic nitrogens is 1. The average Bonchev–Trinajstić information content (AvgIpc) is 2.56. The molecule has 0 spiro atoms. The van der Waals surface area contributed by atoms with E-state index in [4.69, 9.17) is 0 Å². The smallest absolute Gasteiger partial charge is 0.0967 e. The molecule has 3 heteroatoms. The molecule has 0 aliphatic rings. The third-order valence-electron chi connectivity index (χ3n) is 3.45. The van der Waals surface area contributed by atoms with Crippen LogP contribution in [0.4, 0.5) is 0 Å². The molecule has 0 aliphatic heterocycles. The summed E-state index contributed by atoms with van der Waals surface area (Å²) in [6.07, 6.45) is 0.607. The second kappa shape index (κ2) is 4.07. The molecule has 1 aromatic heterocycles. The number of hydrogen-bond donors (Lipinski definition) is 1. The van der Waals surface area contributed by atoms with Gasteiger partial charge in [0, 0.05) is 6.42 Å². The molecule has 2 aromatic rings. The van der Waals surface area contributed by atoms with Crippen LogP contribution in [0.15, 0.2) is 24.3 Å². The molecule has 1 N–H and O–H groups in total. The van der Waals surface area contributed by atoms with Crippen molar-refractivity contribution < 1.29 is 5.11 Å². The topological polar surface area (TPSA) is 33.1 Å². The average molecular weight is 249 g/mol. The van der Waals surface area contributed by atoms with Gasteiger partial charge in [0.05, 0.1) is 20.8 Å². The van der Waals surface area contributed by atoms with E-state index >= 15 is 0 Å². The molecule has 92 valence electrons. The maximum Gasteiger partial charge on any atom is 0.0967 e. The zero-order valence-corrected chi connectivity index (χ0v) is 11.6. The largest absolute Gasteiger partial charge is 0.389 e. The summed E-state index contributed by atoms with van der Waals surface area (Å²) in [6.45, 7) is 8.06. The molecule has 17 heavy (non-hydrogen) atoms. The molecule has 0 fully saturated rings. The van der Waals surface area contributed by atoms with Gasteiger partial charge in [0.15, 0.2) is 0 Å². The fourth-order valence-corrected chi connectivity index (χ4v) is 2.67. The molecule has 0 aliphatic carbocycles. The molecule has 0 amide bonds. The lowest BCUT2D eigenvalue weighted by Gasteiger charge is -2.36. The summed E-state index contributed by atoms with van der Waals surface area (Å²) < 4.78 is 1.19. The molecule has 2 nitrogen and oxygen atoms in total. The monoisotopic (exact) mass is 249 g/mol. The highest BCUT2D eigenvalue weighted by Crippen LogP contribution is 2.34. The summed E-state index contributed by atoms with van der Waals surface area (Å²) >= 11 is 1.67. The highest BCUT2D eigenvalue weighted by Gasteiger charge is 2.36.